The van der Waals surface area contributed by atoms with Crippen LogP contribution in [0.1, 0.15) is 37.3 Å². The van der Waals surface area contributed by atoms with E-state index >= 15 is 0 Å². The minimum Gasteiger partial charge on any atom is -0.377 e. The van der Waals surface area contributed by atoms with Gasteiger partial charge in [-0.15, -0.1) is 0 Å². The van der Waals surface area contributed by atoms with Crippen molar-refractivity contribution in [3.8, 4) is 0 Å². The summed E-state index contributed by atoms with van der Waals surface area (Å²) < 4.78 is 5.89. The third-order valence-corrected chi connectivity index (χ3v) is 5.91. The number of nitrogens with two attached hydrogens (primary N) is 1. The van der Waals surface area contributed by atoms with Gasteiger partial charge in [0, 0.05) is 52.3 Å². The molecule has 160 valence electrons. The summed E-state index contributed by atoms with van der Waals surface area (Å²) in [4.78, 5) is 28.9. The van der Waals surface area contributed by atoms with Gasteiger partial charge in [0.25, 0.3) is 0 Å². The van der Waals surface area contributed by atoms with Gasteiger partial charge in [-0.25, -0.2) is 0 Å². The molecule has 29 heavy (non-hydrogen) atoms. The van der Waals surface area contributed by atoms with Gasteiger partial charge >= 0.3 is 0 Å². The molecular weight excluding hydrogens is 368 g/mol. The molecule has 2 aliphatic rings. The van der Waals surface area contributed by atoms with E-state index in [4.69, 9.17) is 10.5 Å². The Labute approximate surface area is 173 Å². The number of aryl methyl sites for hydroxylation is 1. The van der Waals surface area contributed by atoms with Crippen LogP contribution in [0.2, 0.25) is 0 Å². The molecule has 2 saturated heterocycles. The van der Waals surface area contributed by atoms with Crippen LogP contribution in [0.3, 0.4) is 0 Å². The van der Waals surface area contributed by atoms with Crippen molar-refractivity contribution in [1.82, 2.24) is 15.1 Å². The lowest BCUT2D eigenvalue weighted by molar-refractivity contribution is -0.136. The van der Waals surface area contributed by atoms with E-state index in [1.54, 1.807) is 4.90 Å². The van der Waals surface area contributed by atoms with Gasteiger partial charge in [0.1, 0.15) is 6.04 Å². The molecule has 3 N–H and O–H groups in total. The minimum absolute atomic E-state index is 0.0622. The fourth-order valence-electron chi connectivity index (χ4n) is 4.31. The number of ether oxygens (including phenoxy) is 1. The Bertz CT molecular complexity index is 688. The number of amides is 2. The van der Waals surface area contributed by atoms with Gasteiger partial charge in [0.2, 0.25) is 11.8 Å². The Hall–Kier alpha value is -1.96. The number of hydrogen-bond donors (Lipinski definition) is 2. The quantitative estimate of drug-likeness (QED) is 0.678. The second kappa shape index (κ2) is 10.2. The van der Waals surface area contributed by atoms with E-state index in [0.717, 1.165) is 32.5 Å². The lowest BCUT2D eigenvalue weighted by Crippen LogP contribution is -2.46. The molecule has 2 aliphatic heterocycles. The van der Waals surface area contributed by atoms with E-state index in [1.807, 2.05) is 0 Å². The van der Waals surface area contributed by atoms with Crippen molar-refractivity contribution >= 4 is 11.8 Å². The maximum atomic E-state index is 12.6. The highest BCUT2D eigenvalue weighted by molar-refractivity contribution is 5.87. The first kappa shape index (κ1) is 21.7. The molecule has 3 rings (SSSR count). The average molecular weight is 403 g/mol. The van der Waals surface area contributed by atoms with Crippen molar-refractivity contribution in [2.24, 2.45) is 5.73 Å². The van der Waals surface area contributed by atoms with Gasteiger partial charge in [-0.05, 0) is 31.7 Å². The standard InChI is InChI=1S/C22H34N4O3/c1-16-5-7-18(8-6-16)13-25(15-20-4-3-11-29-20)19-12-21(22(28)24-10-9-23)26(14-19)17(2)27/h5-8,19-21H,3-4,9-15,23H2,1-2H3,(H,24,28). The summed E-state index contributed by atoms with van der Waals surface area (Å²) in [7, 11) is 0. The summed E-state index contributed by atoms with van der Waals surface area (Å²) in [6.07, 6.45) is 3.01. The molecule has 0 saturated carbocycles. The van der Waals surface area contributed by atoms with Crippen LogP contribution in [-0.2, 0) is 20.9 Å². The first-order chi connectivity index (χ1) is 14.0. The highest BCUT2D eigenvalue weighted by Gasteiger charge is 2.41. The molecule has 2 fully saturated rings. The number of hydrogen-bond acceptors (Lipinski definition) is 5. The Morgan fingerprint density at radius 3 is 2.69 bits per heavy atom. The Morgan fingerprint density at radius 1 is 1.31 bits per heavy atom. The molecule has 2 amide bonds. The van der Waals surface area contributed by atoms with Crippen LogP contribution < -0.4 is 11.1 Å². The molecule has 0 aliphatic carbocycles. The van der Waals surface area contributed by atoms with Crippen molar-refractivity contribution in [1.29, 1.82) is 0 Å². The van der Waals surface area contributed by atoms with Crippen LogP contribution in [-0.4, -0.2) is 72.6 Å². The molecular formula is C22H34N4O3. The molecule has 1 aromatic carbocycles. The van der Waals surface area contributed by atoms with Crippen molar-refractivity contribution in [3.63, 3.8) is 0 Å². The molecule has 3 unspecified atom stereocenters. The van der Waals surface area contributed by atoms with Crippen LogP contribution >= 0.6 is 0 Å². The van der Waals surface area contributed by atoms with E-state index < -0.39 is 6.04 Å². The average Bonchev–Trinajstić information content (AvgIpc) is 3.37. The fourth-order valence-corrected chi connectivity index (χ4v) is 4.31. The van der Waals surface area contributed by atoms with Crippen LogP contribution in [0.4, 0.5) is 0 Å². The van der Waals surface area contributed by atoms with Crippen LogP contribution in [0.25, 0.3) is 0 Å². The number of carbonyl (C=O) groups is 2. The Morgan fingerprint density at radius 2 is 2.07 bits per heavy atom. The first-order valence-corrected chi connectivity index (χ1v) is 10.6. The Balaban J connectivity index is 1.75. The van der Waals surface area contributed by atoms with E-state index in [9.17, 15) is 9.59 Å². The van der Waals surface area contributed by atoms with Crippen molar-refractivity contribution < 1.29 is 14.3 Å². The predicted molar refractivity (Wildman–Crippen MR) is 112 cm³/mol. The molecule has 3 atom stereocenters. The van der Waals surface area contributed by atoms with Gasteiger partial charge in [0.15, 0.2) is 0 Å². The molecule has 7 heteroatoms. The van der Waals surface area contributed by atoms with E-state index in [0.29, 0.717) is 26.1 Å². The SMILES string of the molecule is CC(=O)N1CC(N(Cc2ccc(C)cc2)CC2CCCO2)CC1C(=O)NCCN. The molecule has 7 nitrogen and oxygen atoms in total. The van der Waals surface area contributed by atoms with Gasteiger partial charge in [-0.1, -0.05) is 29.8 Å². The molecule has 2 heterocycles. The summed E-state index contributed by atoms with van der Waals surface area (Å²) in [5.74, 6) is -0.173. The number of benzene rings is 1. The van der Waals surface area contributed by atoms with Gasteiger partial charge in [-0.3, -0.25) is 14.5 Å². The third-order valence-electron chi connectivity index (χ3n) is 5.91. The smallest absolute Gasteiger partial charge is 0.242 e. The van der Waals surface area contributed by atoms with Crippen LogP contribution in [0, 0.1) is 6.92 Å². The lowest BCUT2D eigenvalue weighted by Gasteiger charge is -2.31. The van der Waals surface area contributed by atoms with Crippen molar-refractivity contribution in [2.45, 2.75) is 57.8 Å². The second-order valence-corrected chi connectivity index (χ2v) is 8.21. The highest BCUT2D eigenvalue weighted by Crippen LogP contribution is 2.26. The summed E-state index contributed by atoms with van der Waals surface area (Å²) in [6.45, 7) is 7.42. The molecule has 0 radical (unpaired) electrons. The Kier molecular flexibility index (Phi) is 7.64. The number of nitrogens with one attached hydrogen (secondary N) is 1. The summed E-state index contributed by atoms with van der Waals surface area (Å²) >= 11 is 0. The van der Waals surface area contributed by atoms with E-state index in [2.05, 4.69) is 41.4 Å². The number of nitrogens with zero attached hydrogens (tertiary/aromatic N) is 2. The fraction of sp³-hybridized carbons (Fsp3) is 0.636. The monoisotopic (exact) mass is 402 g/mol. The molecule has 0 spiro atoms. The molecule has 0 bridgehead atoms. The third kappa shape index (κ3) is 5.78. The summed E-state index contributed by atoms with van der Waals surface area (Å²) in [5.41, 5.74) is 7.99. The summed E-state index contributed by atoms with van der Waals surface area (Å²) in [6, 6.07) is 8.24. The van der Waals surface area contributed by atoms with E-state index in [1.165, 1.54) is 18.1 Å². The molecule has 1 aromatic rings. The predicted octanol–water partition coefficient (Wildman–Crippen LogP) is 1.04. The topological polar surface area (TPSA) is 87.9 Å². The van der Waals surface area contributed by atoms with Gasteiger partial charge in [0.05, 0.1) is 6.10 Å². The second-order valence-electron chi connectivity index (χ2n) is 8.21. The molecule has 0 aromatic heterocycles. The number of rotatable bonds is 8. The maximum Gasteiger partial charge on any atom is 0.242 e. The van der Waals surface area contributed by atoms with Crippen molar-refractivity contribution in [3.05, 3.63) is 35.4 Å². The maximum absolute atomic E-state index is 12.6. The lowest BCUT2D eigenvalue weighted by atomic mass is 10.1. The zero-order chi connectivity index (χ0) is 20.8. The summed E-state index contributed by atoms with van der Waals surface area (Å²) in [5, 5.41) is 2.85. The largest absolute Gasteiger partial charge is 0.377 e. The zero-order valence-electron chi connectivity index (χ0n) is 17.6. The van der Waals surface area contributed by atoms with Gasteiger partial charge in [-0.2, -0.15) is 0 Å². The number of carbonyl (C=O) groups excluding carboxylic acids is 2. The highest BCUT2D eigenvalue weighted by atomic mass is 16.5. The normalized spacial score (nSPS) is 24.3. The first-order valence-electron chi connectivity index (χ1n) is 10.6. The van der Waals surface area contributed by atoms with Crippen molar-refractivity contribution in [2.75, 3.05) is 32.8 Å². The minimum atomic E-state index is -0.436. The van der Waals surface area contributed by atoms with Crippen LogP contribution in [0.5, 0.6) is 0 Å². The van der Waals surface area contributed by atoms with Gasteiger partial charge < -0.3 is 20.7 Å². The zero-order valence-corrected chi connectivity index (χ0v) is 17.6. The number of likely N-dealkylation sites (tertiary alicyclic amines) is 1. The van der Waals surface area contributed by atoms with Crippen LogP contribution in [0.15, 0.2) is 24.3 Å². The van der Waals surface area contributed by atoms with E-state index in [-0.39, 0.29) is 24.0 Å².